The summed E-state index contributed by atoms with van der Waals surface area (Å²) in [6.07, 6.45) is 3.99. The van der Waals surface area contributed by atoms with Crippen LogP contribution in [0.5, 0.6) is 0 Å². The van der Waals surface area contributed by atoms with Gasteiger partial charge in [-0.3, -0.25) is 0 Å². The molecule has 2 fully saturated rings. The first kappa shape index (κ1) is 7.56. The number of hydrogen-bond acceptors (Lipinski definition) is 2. The van der Waals surface area contributed by atoms with Crippen LogP contribution < -0.4 is 5.32 Å². The molecule has 0 saturated carbocycles. The first-order valence-corrected chi connectivity index (χ1v) is 4.75. The van der Waals surface area contributed by atoms with Gasteiger partial charge in [0.05, 0.1) is 0 Å². The topological polar surface area (TPSA) is 21.3 Å². The molecule has 0 aromatic heterocycles. The molecule has 2 atom stereocenters. The molecule has 64 valence electrons. The predicted molar refractivity (Wildman–Crippen MR) is 44.5 cm³/mol. The Morgan fingerprint density at radius 1 is 1.00 bits per heavy atom. The van der Waals surface area contributed by atoms with Crippen molar-refractivity contribution >= 4 is 0 Å². The molecule has 2 nitrogen and oxygen atoms in total. The lowest BCUT2D eigenvalue weighted by atomic mass is 9.85. The fourth-order valence-corrected chi connectivity index (χ4v) is 2.24. The standard InChI is InChI=1S/C9H17NO/c1-4-10-5-2-9-7-11-6-3-8(1)9/h8-10H,1-7H2. The maximum absolute atomic E-state index is 5.47. The van der Waals surface area contributed by atoms with Gasteiger partial charge in [-0.15, -0.1) is 0 Å². The summed E-state index contributed by atoms with van der Waals surface area (Å²) in [5.41, 5.74) is 0. The molecule has 0 spiro atoms. The van der Waals surface area contributed by atoms with Crippen LogP contribution in [0.1, 0.15) is 19.3 Å². The van der Waals surface area contributed by atoms with Gasteiger partial charge in [-0.2, -0.15) is 0 Å². The number of fused-ring (bicyclic) bond motifs is 1. The van der Waals surface area contributed by atoms with Crippen molar-refractivity contribution in [2.75, 3.05) is 26.3 Å². The summed E-state index contributed by atoms with van der Waals surface area (Å²) in [7, 11) is 0. The first-order valence-electron chi connectivity index (χ1n) is 4.75. The Morgan fingerprint density at radius 2 is 1.82 bits per heavy atom. The molecule has 2 aliphatic rings. The van der Waals surface area contributed by atoms with Gasteiger partial charge < -0.3 is 10.1 Å². The van der Waals surface area contributed by atoms with E-state index in [4.69, 9.17) is 4.74 Å². The van der Waals surface area contributed by atoms with E-state index in [1.807, 2.05) is 0 Å². The molecule has 2 unspecified atom stereocenters. The van der Waals surface area contributed by atoms with Crippen LogP contribution in [0.25, 0.3) is 0 Å². The molecule has 2 heterocycles. The van der Waals surface area contributed by atoms with Crippen molar-refractivity contribution in [3.05, 3.63) is 0 Å². The van der Waals surface area contributed by atoms with Crippen molar-refractivity contribution in [2.24, 2.45) is 11.8 Å². The summed E-state index contributed by atoms with van der Waals surface area (Å²) in [5.74, 6) is 1.82. The van der Waals surface area contributed by atoms with Gasteiger partial charge in [-0.05, 0) is 44.2 Å². The molecule has 2 rings (SSSR count). The number of nitrogens with one attached hydrogen (secondary N) is 1. The molecule has 0 aromatic carbocycles. The molecule has 0 radical (unpaired) electrons. The molecule has 11 heavy (non-hydrogen) atoms. The van der Waals surface area contributed by atoms with Crippen LogP contribution in [0.2, 0.25) is 0 Å². The van der Waals surface area contributed by atoms with Gasteiger partial charge in [-0.25, -0.2) is 0 Å². The summed E-state index contributed by atoms with van der Waals surface area (Å²) in [6.45, 7) is 4.44. The van der Waals surface area contributed by atoms with Gasteiger partial charge >= 0.3 is 0 Å². The third-order valence-electron chi connectivity index (χ3n) is 3.02. The van der Waals surface area contributed by atoms with Crippen molar-refractivity contribution in [1.29, 1.82) is 0 Å². The van der Waals surface area contributed by atoms with Crippen molar-refractivity contribution < 1.29 is 4.74 Å². The lowest BCUT2D eigenvalue weighted by molar-refractivity contribution is 0.0159. The fourth-order valence-electron chi connectivity index (χ4n) is 2.24. The molecule has 2 aliphatic heterocycles. The minimum absolute atomic E-state index is 0.860. The Hall–Kier alpha value is -0.0800. The van der Waals surface area contributed by atoms with E-state index in [9.17, 15) is 0 Å². The molecule has 2 heteroatoms. The van der Waals surface area contributed by atoms with Gasteiger partial charge in [0.2, 0.25) is 0 Å². The Morgan fingerprint density at radius 3 is 2.73 bits per heavy atom. The molecule has 0 aromatic rings. The van der Waals surface area contributed by atoms with Crippen molar-refractivity contribution in [1.82, 2.24) is 5.32 Å². The SMILES string of the molecule is C1CC2CCOCC2CCN1. The van der Waals surface area contributed by atoms with Crippen molar-refractivity contribution in [3.8, 4) is 0 Å². The Balaban J connectivity index is 1.93. The Labute approximate surface area is 68.3 Å². The summed E-state index contributed by atoms with van der Waals surface area (Å²) in [6, 6.07) is 0. The van der Waals surface area contributed by atoms with E-state index in [2.05, 4.69) is 5.32 Å². The van der Waals surface area contributed by atoms with E-state index in [0.717, 1.165) is 25.0 Å². The van der Waals surface area contributed by atoms with Gasteiger partial charge in [0.1, 0.15) is 0 Å². The number of ether oxygens (including phenoxy) is 1. The third-order valence-corrected chi connectivity index (χ3v) is 3.02. The average Bonchev–Trinajstić information content (AvgIpc) is 2.28. The zero-order chi connectivity index (χ0) is 7.52. The van der Waals surface area contributed by atoms with Crippen LogP contribution in [0, 0.1) is 11.8 Å². The maximum atomic E-state index is 5.47. The third kappa shape index (κ3) is 1.74. The quantitative estimate of drug-likeness (QED) is 0.564. The number of rotatable bonds is 0. The van der Waals surface area contributed by atoms with E-state index >= 15 is 0 Å². The van der Waals surface area contributed by atoms with Crippen LogP contribution in [-0.2, 0) is 4.74 Å². The molecular formula is C9H17NO. The van der Waals surface area contributed by atoms with E-state index in [1.165, 1.54) is 32.4 Å². The lowest BCUT2D eigenvalue weighted by Crippen LogP contribution is -2.27. The highest BCUT2D eigenvalue weighted by atomic mass is 16.5. The largest absolute Gasteiger partial charge is 0.381 e. The average molecular weight is 155 g/mol. The Kier molecular flexibility index (Phi) is 2.44. The molecule has 2 saturated heterocycles. The van der Waals surface area contributed by atoms with E-state index < -0.39 is 0 Å². The van der Waals surface area contributed by atoms with Crippen molar-refractivity contribution in [2.45, 2.75) is 19.3 Å². The van der Waals surface area contributed by atoms with E-state index in [0.29, 0.717) is 0 Å². The predicted octanol–water partition coefficient (Wildman–Crippen LogP) is 1.02. The Bertz CT molecular complexity index is 113. The maximum Gasteiger partial charge on any atom is 0.0497 e. The minimum atomic E-state index is 0.860. The van der Waals surface area contributed by atoms with Crippen LogP contribution in [0.15, 0.2) is 0 Å². The van der Waals surface area contributed by atoms with Crippen LogP contribution >= 0.6 is 0 Å². The van der Waals surface area contributed by atoms with Crippen LogP contribution in [0.4, 0.5) is 0 Å². The summed E-state index contributed by atoms with van der Waals surface area (Å²) >= 11 is 0. The van der Waals surface area contributed by atoms with Crippen LogP contribution in [0.3, 0.4) is 0 Å². The van der Waals surface area contributed by atoms with Gasteiger partial charge in [-0.1, -0.05) is 0 Å². The summed E-state index contributed by atoms with van der Waals surface area (Å²) in [4.78, 5) is 0. The van der Waals surface area contributed by atoms with Gasteiger partial charge in [0.25, 0.3) is 0 Å². The van der Waals surface area contributed by atoms with Crippen LogP contribution in [-0.4, -0.2) is 26.3 Å². The monoisotopic (exact) mass is 155 g/mol. The second-order valence-corrected chi connectivity index (χ2v) is 3.71. The molecule has 0 aliphatic carbocycles. The second-order valence-electron chi connectivity index (χ2n) is 3.71. The summed E-state index contributed by atoms with van der Waals surface area (Å²) in [5, 5.41) is 3.45. The van der Waals surface area contributed by atoms with Crippen molar-refractivity contribution in [3.63, 3.8) is 0 Å². The molecule has 0 bridgehead atoms. The number of hydrogen-bond donors (Lipinski definition) is 1. The zero-order valence-electron chi connectivity index (χ0n) is 7.01. The van der Waals surface area contributed by atoms with E-state index in [-0.39, 0.29) is 0 Å². The first-order chi connectivity index (χ1) is 5.47. The molecule has 0 amide bonds. The van der Waals surface area contributed by atoms with Gasteiger partial charge in [0, 0.05) is 13.2 Å². The highest BCUT2D eigenvalue weighted by Gasteiger charge is 2.26. The van der Waals surface area contributed by atoms with E-state index in [1.54, 1.807) is 0 Å². The highest BCUT2D eigenvalue weighted by molar-refractivity contribution is 4.77. The smallest absolute Gasteiger partial charge is 0.0497 e. The fraction of sp³-hybridized carbons (Fsp3) is 1.00. The molecular weight excluding hydrogens is 138 g/mol. The normalized spacial score (nSPS) is 39.3. The second kappa shape index (κ2) is 3.55. The lowest BCUT2D eigenvalue weighted by Gasteiger charge is -2.29. The zero-order valence-corrected chi connectivity index (χ0v) is 7.01. The summed E-state index contributed by atoms with van der Waals surface area (Å²) < 4.78 is 5.47. The molecule has 1 N–H and O–H groups in total. The van der Waals surface area contributed by atoms with Gasteiger partial charge in [0.15, 0.2) is 0 Å². The minimum Gasteiger partial charge on any atom is -0.381 e. The highest BCUT2D eigenvalue weighted by Crippen LogP contribution is 2.28.